The number of anilines is 1. The van der Waals surface area contributed by atoms with Crippen LogP contribution in [0.5, 0.6) is 0 Å². The van der Waals surface area contributed by atoms with E-state index in [4.69, 9.17) is 5.73 Å². The highest BCUT2D eigenvalue weighted by Gasteiger charge is 2.07. The highest BCUT2D eigenvalue weighted by molar-refractivity contribution is 5.43. The second-order valence-electron chi connectivity index (χ2n) is 4.54. The Labute approximate surface area is 107 Å². The molecule has 0 bridgehead atoms. The van der Waals surface area contributed by atoms with E-state index in [0.717, 1.165) is 23.8 Å². The van der Waals surface area contributed by atoms with E-state index >= 15 is 0 Å². The van der Waals surface area contributed by atoms with Gasteiger partial charge in [0.1, 0.15) is 5.82 Å². The summed E-state index contributed by atoms with van der Waals surface area (Å²) in [5.41, 5.74) is 7.74. The lowest BCUT2D eigenvalue weighted by atomic mass is 10.2. The summed E-state index contributed by atoms with van der Waals surface area (Å²) in [7, 11) is 4.02. The molecule has 1 atom stereocenters. The molecule has 0 unspecified atom stereocenters. The fraction of sp³-hybridized carbons (Fsp3) is 0.385. The van der Waals surface area contributed by atoms with Crippen LogP contribution in [0.4, 0.5) is 5.69 Å². The van der Waals surface area contributed by atoms with E-state index in [9.17, 15) is 0 Å². The van der Waals surface area contributed by atoms with Gasteiger partial charge in [-0.25, -0.2) is 4.98 Å². The normalized spacial score (nSPS) is 12.4. The van der Waals surface area contributed by atoms with Gasteiger partial charge in [0, 0.05) is 32.5 Å². The molecule has 5 heteroatoms. The lowest BCUT2D eigenvalue weighted by molar-refractivity contribution is 0.755. The Hall–Kier alpha value is -1.88. The number of rotatable bonds is 4. The van der Waals surface area contributed by atoms with Gasteiger partial charge in [0.2, 0.25) is 0 Å². The van der Waals surface area contributed by atoms with Crippen molar-refractivity contribution in [1.29, 1.82) is 0 Å². The molecule has 5 nitrogen and oxygen atoms in total. The van der Waals surface area contributed by atoms with Gasteiger partial charge in [0.15, 0.2) is 0 Å². The summed E-state index contributed by atoms with van der Waals surface area (Å²) in [5, 5.41) is 0. The zero-order chi connectivity index (χ0) is 13.1. The number of pyridine rings is 1. The maximum absolute atomic E-state index is 5.78. The van der Waals surface area contributed by atoms with Gasteiger partial charge < -0.3 is 15.2 Å². The lowest BCUT2D eigenvalue weighted by Gasteiger charge is -2.19. The molecule has 2 heterocycles. The van der Waals surface area contributed by atoms with Crippen LogP contribution in [0.2, 0.25) is 0 Å². The first-order valence-corrected chi connectivity index (χ1v) is 5.97. The average molecular weight is 245 g/mol. The zero-order valence-electron chi connectivity index (χ0n) is 11.0. The highest BCUT2D eigenvalue weighted by atomic mass is 15.2. The third-order valence-electron chi connectivity index (χ3n) is 2.98. The Kier molecular flexibility index (Phi) is 3.62. The van der Waals surface area contributed by atoms with Gasteiger partial charge in [-0.2, -0.15) is 0 Å². The molecule has 0 aliphatic rings. The number of aromatic nitrogens is 3. The number of nitrogens with two attached hydrogens (primary N) is 1. The fourth-order valence-electron chi connectivity index (χ4n) is 1.74. The molecule has 18 heavy (non-hydrogen) atoms. The second-order valence-corrected chi connectivity index (χ2v) is 4.54. The standard InChI is InChI=1S/C13H19N5/c1-10(14)12-5-4-11(8-16-12)18(3)9-13-15-6-7-17(13)2/h4-8,10H,9,14H2,1-3H3/t10-/m0/s1. The van der Waals surface area contributed by atoms with Crippen LogP contribution in [0.25, 0.3) is 0 Å². The van der Waals surface area contributed by atoms with Gasteiger partial charge in [-0.15, -0.1) is 0 Å². The topological polar surface area (TPSA) is 60.0 Å². The van der Waals surface area contributed by atoms with Crippen molar-refractivity contribution in [3.8, 4) is 0 Å². The maximum Gasteiger partial charge on any atom is 0.127 e. The summed E-state index contributed by atoms with van der Waals surface area (Å²) < 4.78 is 2.01. The first-order chi connectivity index (χ1) is 8.58. The molecule has 0 radical (unpaired) electrons. The van der Waals surface area contributed by atoms with Crippen LogP contribution < -0.4 is 10.6 Å². The third-order valence-corrected chi connectivity index (χ3v) is 2.98. The van der Waals surface area contributed by atoms with E-state index in [2.05, 4.69) is 14.9 Å². The smallest absolute Gasteiger partial charge is 0.127 e. The van der Waals surface area contributed by atoms with Crippen molar-refractivity contribution < 1.29 is 0 Å². The number of nitrogens with zero attached hydrogens (tertiary/aromatic N) is 4. The Morgan fingerprint density at radius 2 is 2.17 bits per heavy atom. The highest BCUT2D eigenvalue weighted by Crippen LogP contribution is 2.15. The summed E-state index contributed by atoms with van der Waals surface area (Å²) in [5.74, 6) is 1.02. The Morgan fingerprint density at radius 3 is 2.67 bits per heavy atom. The fourth-order valence-corrected chi connectivity index (χ4v) is 1.74. The van der Waals surface area contributed by atoms with Crippen molar-refractivity contribution in [2.45, 2.75) is 19.5 Å². The molecule has 0 aliphatic carbocycles. The molecule has 0 spiro atoms. The molecule has 2 aromatic heterocycles. The lowest BCUT2D eigenvalue weighted by Crippen LogP contribution is -2.19. The van der Waals surface area contributed by atoms with E-state index in [1.165, 1.54) is 0 Å². The summed E-state index contributed by atoms with van der Waals surface area (Å²) in [6.45, 7) is 2.68. The first-order valence-electron chi connectivity index (χ1n) is 5.97. The van der Waals surface area contributed by atoms with Crippen molar-refractivity contribution in [3.05, 3.63) is 42.2 Å². The maximum atomic E-state index is 5.78. The quantitative estimate of drug-likeness (QED) is 0.886. The minimum absolute atomic E-state index is 0.0288. The molecule has 0 saturated heterocycles. The van der Waals surface area contributed by atoms with Crippen LogP contribution in [0.3, 0.4) is 0 Å². The molecule has 2 N–H and O–H groups in total. The molecular weight excluding hydrogens is 226 g/mol. The first kappa shape index (κ1) is 12.6. The number of hydrogen-bond acceptors (Lipinski definition) is 4. The summed E-state index contributed by atoms with van der Waals surface area (Å²) >= 11 is 0. The van der Waals surface area contributed by atoms with Crippen molar-refractivity contribution in [3.63, 3.8) is 0 Å². The predicted molar refractivity (Wildman–Crippen MR) is 72.2 cm³/mol. The summed E-state index contributed by atoms with van der Waals surface area (Å²) in [4.78, 5) is 10.8. The van der Waals surface area contributed by atoms with Crippen LogP contribution in [0.15, 0.2) is 30.7 Å². The van der Waals surface area contributed by atoms with Crippen molar-refractivity contribution >= 4 is 5.69 Å². The van der Waals surface area contributed by atoms with E-state index in [1.807, 2.05) is 50.1 Å². The molecule has 0 saturated carbocycles. The predicted octanol–water partition coefficient (Wildman–Crippen LogP) is 1.47. The van der Waals surface area contributed by atoms with E-state index < -0.39 is 0 Å². The minimum atomic E-state index is -0.0288. The molecule has 2 rings (SSSR count). The minimum Gasteiger partial charge on any atom is -0.366 e. The van der Waals surface area contributed by atoms with Crippen molar-refractivity contribution in [2.75, 3.05) is 11.9 Å². The summed E-state index contributed by atoms with van der Waals surface area (Å²) in [6.07, 6.45) is 5.60. The van der Waals surface area contributed by atoms with E-state index in [-0.39, 0.29) is 6.04 Å². The van der Waals surface area contributed by atoms with Gasteiger partial charge >= 0.3 is 0 Å². The van der Waals surface area contributed by atoms with Crippen LogP contribution in [0, 0.1) is 0 Å². The largest absolute Gasteiger partial charge is 0.366 e. The van der Waals surface area contributed by atoms with Gasteiger partial charge in [0.25, 0.3) is 0 Å². The van der Waals surface area contributed by atoms with E-state index in [0.29, 0.717) is 0 Å². The van der Waals surface area contributed by atoms with Gasteiger partial charge in [0.05, 0.1) is 24.1 Å². The third kappa shape index (κ3) is 2.68. The Morgan fingerprint density at radius 1 is 1.39 bits per heavy atom. The van der Waals surface area contributed by atoms with Crippen molar-refractivity contribution in [2.24, 2.45) is 12.8 Å². The van der Waals surface area contributed by atoms with Crippen LogP contribution >= 0.6 is 0 Å². The molecule has 0 amide bonds. The van der Waals surface area contributed by atoms with Crippen molar-refractivity contribution in [1.82, 2.24) is 14.5 Å². The molecule has 96 valence electrons. The van der Waals surface area contributed by atoms with Crippen LogP contribution in [0.1, 0.15) is 24.5 Å². The second kappa shape index (κ2) is 5.18. The molecule has 0 aromatic carbocycles. The molecule has 2 aromatic rings. The average Bonchev–Trinajstić information content (AvgIpc) is 2.75. The molecule has 0 fully saturated rings. The van der Waals surface area contributed by atoms with Gasteiger partial charge in [-0.1, -0.05) is 0 Å². The van der Waals surface area contributed by atoms with Crippen LogP contribution in [-0.4, -0.2) is 21.6 Å². The van der Waals surface area contributed by atoms with Gasteiger partial charge in [-0.05, 0) is 19.1 Å². The zero-order valence-corrected chi connectivity index (χ0v) is 11.0. The monoisotopic (exact) mass is 245 g/mol. The number of hydrogen-bond donors (Lipinski definition) is 1. The SMILES string of the molecule is C[C@H](N)c1ccc(N(C)Cc2nccn2C)cn1. The number of imidazole rings is 1. The Bertz CT molecular complexity index is 500. The molecule has 0 aliphatic heterocycles. The van der Waals surface area contributed by atoms with E-state index in [1.54, 1.807) is 6.20 Å². The molecular formula is C13H19N5. The Balaban J connectivity index is 2.09. The van der Waals surface area contributed by atoms with Crippen LogP contribution in [-0.2, 0) is 13.6 Å². The van der Waals surface area contributed by atoms with Gasteiger partial charge in [-0.3, -0.25) is 4.98 Å². The number of aryl methyl sites for hydroxylation is 1. The summed E-state index contributed by atoms with van der Waals surface area (Å²) in [6, 6.07) is 3.97.